The van der Waals surface area contributed by atoms with E-state index in [1.165, 1.54) is 5.56 Å². The molecule has 0 radical (unpaired) electrons. The monoisotopic (exact) mass is 452 g/mol. The summed E-state index contributed by atoms with van der Waals surface area (Å²) in [6, 6.07) is 10.5. The summed E-state index contributed by atoms with van der Waals surface area (Å²) in [6.07, 6.45) is 5.00. The van der Waals surface area contributed by atoms with E-state index in [1.54, 1.807) is 11.3 Å². The Bertz CT molecular complexity index is 1080. The molecule has 3 aromatic rings. The molecule has 0 unspecified atom stereocenters. The first-order chi connectivity index (χ1) is 15.7. The van der Waals surface area contributed by atoms with Gasteiger partial charge in [-0.2, -0.15) is 15.0 Å². The predicted octanol–water partition coefficient (Wildman–Crippen LogP) is 4.12. The maximum atomic E-state index is 13.0. The number of rotatable bonds is 7. The normalized spacial score (nSPS) is 19.5. The van der Waals surface area contributed by atoms with E-state index in [9.17, 15) is 4.79 Å². The van der Waals surface area contributed by atoms with Crippen LogP contribution in [0.25, 0.3) is 10.3 Å². The summed E-state index contributed by atoms with van der Waals surface area (Å²) >= 11 is 1.57. The van der Waals surface area contributed by atoms with E-state index in [-0.39, 0.29) is 17.9 Å². The van der Waals surface area contributed by atoms with Crippen molar-refractivity contribution >= 4 is 32.6 Å². The summed E-state index contributed by atoms with van der Waals surface area (Å²) in [6.45, 7) is 4.23. The molecule has 2 saturated heterocycles. The van der Waals surface area contributed by atoms with E-state index in [0.29, 0.717) is 31.3 Å². The van der Waals surface area contributed by atoms with Crippen LogP contribution in [0.15, 0.2) is 30.3 Å². The molecule has 0 amide bonds. The summed E-state index contributed by atoms with van der Waals surface area (Å²) in [4.78, 5) is 29.1. The second kappa shape index (κ2) is 9.50. The molecule has 7 nitrogen and oxygen atoms in total. The van der Waals surface area contributed by atoms with Crippen LogP contribution in [0.2, 0.25) is 0 Å². The SMILES string of the molecule is Cc1nc(OC2CCOCC2)nc2nc(N3CCC[C@@H]3C(=O)CCc3ccccc3)sc12. The average Bonchev–Trinajstić information content (AvgIpc) is 3.46. The van der Waals surface area contributed by atoms with Crippen LogP contribution in [0.4, 0.5) is 5.13 Å². The van der Waals surface area contributed by atoms with E-state index < -0.39 is 0 Å². The molecular formula is C24H28N4O3S. The third-order valence-corrected chi connectivity index (χ3v) is 7.40. The summed E-state index contributed by atoms with van der Waals surface area (Å²) in [5.74, 6) is 0.289. The lowest BCUT2D eigenvalue weighted by atomic mass is 10.0. The Morgan fingerprint density at radius 3 is 2.78 bits per heavy atom. The number of ether oxygens (including phenoxy) is 2. The highest BCUT2D eigenvalue weighted by Gasteiger charge is 2.32. The lowest BCUT2D eigenvalue weighted by Gasteiger charge is -2.22. The molecule has 1 atom stereocenters. The van der Waals surface area contributed by atoms with Crippen LogP contribution < -0.4 is 9.64 Å². The lowest BCUT2D eigenvalue weighted by molar-refractivity contribution is -0.120. The van der Waals surface area contributed by atoms with Gasteiger partial charge in [-0.25, -0.2) is 0 Å². The minimum absolute atomic E-state index is 0.0869. The number of aryl methyl sites for hydroxylation is 2. The summed E-state index contributed by atoms with van der Waals surface area (Å²) in [5, 5.41) is 0.858. The van der Waals surface area contributed by atoms with Gasteiger partial charge < -0.3 is 14.4 Å². The molecule has 2 fully saturated rings. The van der Waals surface area contributed by atoms with Gasteiger partial charge in [-0.15, -0.1) is 0 Å². The Kier molecular flexibility index (Phi) is 6.32. The van der Waals surface area contributed by atoms with Crippen LogP contribution in [0.3, 0.4) is 0 Å². The van der Waals surface area contributed by atoms with Gasteiger partial charge in [-0.05, 0) is 31.7 Å². The Labute approximate surface area is 191 Å². The molecule has 32 heavy (non-hydrogen) atoms. The fourth-order valence-corrected chi connectivity index (χ4v) is 5.48. The number of hydrogen-bond acceptors (Lipinski definition) is 8. The number of hydrogen-bond donors (Lipinski definition) is 0. The quantitative estimate of drug-likeness (QED) is 0.533. The number of carbonyl (C=O) groups is 1. The smallest absolute Gasteiger partial charge is 0.319 e. The van der Waals surface area contributed by atoms with E-state index >= 15 is 0 Å². The van der Waals surface area contributed by atoms with Gasteiger partial charge >= 0.3 is 6.01 Å². The summed E-state index contributed by atoms with van der Waals surface area (Å²) < 4.78 is 12.4. The summed E-state index contributed by atoms with van der Waals surface area (Å²) in [7, 11) is 0. The van der Waals surface area contributed by atoms with Crippen molar-refractivity contribution in [3.63, 3.8) is 0 Å². The number of aromatic nitrogens is 3. The fourth-order valence-electron chi connectivity index (χ4n) is 4.45. The third-order valence-electron chi connectivity index (χ3n) is 6.20. The number of Topliss-reactive ketones (excluding diaryl/α,β-unsaturated/α-hetero) is 1. The minimum Gasteiger partial charge on any atom is -0.460 e. The van der Waals surface area contributed by atoms with Crippen molar-refractivity contribution < 1.29 is 14.3 Å². The molecule has 4 heterocycles. The van der Waals surface area contributed by atoms with Crippen molar-refractivity contribution in [2.24, 2.45) is 0 Å². The van der Waals surface area contributed by atoms with Crippen molar-refractivity contribution in [2.75, 3.05) is 24.7 Å². The molecule has 5 rings (SSSR count). The van der Waals surface area contributed by atoms with E-state index in [1.807, 2.05) is 25.1 Å². The molecule has 0 bridgehead atoms. The Morgan fingerprint density at radius 2 is 1.97 bits per heavy atom. The van der Waals surface area contributed by atoms with Crippen molar-refractivity contribution in [2.45, 2.75) is 57.6 Å². The number of anilines is 1. The zero-order valence-electron chi connectivity index (χ0n) is 18.3. The molecule has 0 spiro atoms. The molecule has 168 valence electrons. The number of carbonyl (C=O) groups excluding carboxylic acids is 1. The standard InChI is InChI=1S/C24H28N4O3S/c1-16-21-22(26-23(25-16)31-18-11-14-30-15-12-18)27-24(32-21)28-13-5-8-19(28)20(29)10-9-17-6-3-2-4-7-17/h2-4,6-7,18-19H,5,8-15H2,1H3/t19-/m1/s1. The Balaban J connectivity index is 1.31. The largest absolute Gasteiger partial charge is 0.460 e. The van der Waals surface area contributed by atoms with Crippen LogP contribution >= 0.6 is 11.3 Å². The van der Waals surface area contributed by atoms with Gasteiger partial charge in [0.25, 0.3) is 0 Å². The van der Waals surface area contributed by atoms with Gasteiger partial charge in [0.15, 0.2) is 16.6 Å². The van der Waals surface area contributed by atoms with Gasteiger partial charge in [0.05, 0.1) is 29.6 Å². The van der Waals surface area contributed by atoms with Crippen LogP contribution in [0.5, 0.6) is 6.01 Å². The van der Waals surface area contributed by atoms with E-state index in [2.05, 4.69) is 27.0 Å². The molecular weight excluding hydrogens is 424 g/mol. The second-order valence-electron chi connectivity index (χ2n) is 8.47. The van der Waals surface area contributed by atoms with Gasteiger partial charge in [-0.3, -0.25) is 4.79 Å². The zero-order chi connectivity index (χ0) is 21.9. The molecule has 1 aromatic carbocycles. The van der Waals surface area contributed by atoms with Gasteiger partial charge in [0.1, 0.15) is 6.10 Å². The molecule has 8 heteroatoms. The first kappa shape index (κ1) is 21.3. The molecule has 2 aliphatic heterocycles. The van der Waals surface area contributed by atoms with E-state index in [4.69, 9.17) is 14.5 Å². The molecule has 2 aliphatic rings. The topological polar surface area (TPSA) is 77.4 Å². The van der Waals surface area contributed by atoms with Crippen LogP contribution in [-0.2, 0) is 16.0 Å². The van der Waals surface area contributed by atoms with Gasteiger partial charge in [-0.1, -0.05) is 41.7 Å². The maximum Gasteiger partial charge on any atom is 0.319 e. The number of ketones is 1. The number of fused-ring (bicyclic) bond motifs is 1. The summed E-state index contributed by atoms with van der Waals surface area (Å²) in [5.41, 5.74) is 2.72. The molecule has 0 aliphatic carbocycles. The number of nitrogens with zero attached hydrogens (tertiary/aromatic N) is 4. The fraction of sp³-hybridized carbons (Fsp3) is 0.500. The van der Waals surface area contributed by atoms with Crippen LogP contribution in [0, 0.1) is 6.92 Å². The minimum atomic E-state index is -0.106. The van der Waals surface area contributed by atoms with Crippen LogP contribution in [-0.4, -0.2) is 52.6 Å². The zero-order valence-corrected chi connectivity index (χ0v) is 19.1. The number of thiazole rings is 1. The Hall–Kier alpha value is -2.58. The lowest BCUT2D eigenvalue weighted by Crippen LogP contribution is -2.36. The highest BCUT2D eigenvalue weighted by Crippen LogP contribution is 2.35. The first-order valence-corrected chi connectivity index (χ1v) is 12.2. The average molecular weight is 453 g/mol. The highest BCUT2D eigenvalue weighted by molar-refractivity contribution is 7.22. The maximum absolute atomic E-state index is 13.0. The first-order valence-electron chi connectivity index (χ1n) is 11.4. The highest BCUT2D eigenvalue weighted by atomic mass is 32.1. The van der Waals surface area contributed by atoms with Gasteiger partial charge in [0.2, 0.25) is 0 Å². The predicted molar refractivity (Wildman–Crippen MR) is 125 cm³/mol. The second-order valence-corrected chi connectivity index (χ2v) is 9.45. The van der Waals surface area contributed by atoms with Crippen molar-refractivity contribution in [1.29, 1.82) is 0 Å². The molecule has 2 aromatic heterocycles. The van der Waals surface area contributed by atoms with Crippen LogP contribution in [0.1, 0.15) is 43.4 Å². The Morgan fingerprint density at radius 1 is 1.16 bits per heavy atom. The number of benzene rings is 1. The van der Waals surface area contributed by atoms with Gasteiger partial charge in [0, 0.05) is 25.8 Å². The van der Waals surface area contributed by atoms with Crippen molar-refractivity contribution in [1.82, 2.24) is 15.0 Å². The van der Waals surface area contributed by atoms with Crippen molar-refractivity contribution in [3.8, 4) is 6.01 Å². The van der Waals surface area contributed by atoms with E-state index in [0.717, 1.165) is 54.2 Å². The van der Waals surface area contributed by atoms with Crippen molar-refractivity contribution in [3.05, 3.63) is 41.6 Å². The third kappa shape index (κ3) is 4.61. The molecule has 0 saturated carbocycles. The molecule has 0 N–H and O–H groups in total.